The molecule has 0 fully saturated rings. The van der Waals surface area contributed by atoms with E-state index in [1.807, 2.05) is 0 Å². The van der Waals surface area contributed by atoms with Gasteiger partial charge in [-0.15, -0.1) is 0 Å². The lowest BCUT2D eigenvalue weighted by Crippen LogP contribution is -2.13. The van der Waals surface area contributed by atoms with E-state index in [2.05, 4.69) is 14.9 Å². The zero-order valence-corrected chi connectivity index (χ0v) is 9.03. The predicted molar refractivity (Wildman–Crippen MR) is 60.3 cm³/mol. The molecule has 1 heterocycles. The van der Waals surface area contributed by atoms with Gasteiger partial charge in [0.05, 0.1) is 17.6 Å². The third-order valence-corrected chi connectivity index (χ3v) is 3.32. The molecule has 0 aliphatic heterocycles. The number of nitrogens with one attached hydrogen (secondary N) is 2. The second-order valence-electron chi connectivity index (χ2n) is 3.13. The van der Waals surface area contributed by atoms with Crippen molar-refractivity contribution in [2.24, 2.45) is 0 Å². The highest BCUT2D eigenvalue weighted by Crippen LogP contribution is 2.20. The van der Waals surface area contributed by atoms with Crippen molar-refractivity contribution in [3.63, 3.8) is 0 Å². The number of hydrogen-bond acceptors (Lipinski definition) is 4. The highest BCUT2D eigenvalue weighted by molar-refractivity contribution is 7.92. The summed E-state index contributed by atoms with van der Waals surface area (Å²) in [6.45, 7) is 0. The second-order valence-corrected chi connectivity index (χ2v) is 4.81. The third-order valence-electron chi connectivity index (χ3n) is 1.99. The van der Waals surface area contributed by atoms with Gasteiger partial charge >= 0.3 is 0 Å². The van der Waals surface area contributed by atoms with Crippen LogP contribution >= 0.6 is 0 Å². The molecule has 0 spiro atoms. The minimum Gasteiger partial charge on any atom is -0.397 e. The van der Waals surface area contributed by atoms with E-state index < -0.39 is 10.0 Å². The number of nitrogens with zero attached hydrogens (tertiary/aromatic N) is 1. The Balaban J connectivity index is 2.33. The summed E-state index contributed by atoms with van der Waals surface area (Å²) in [6, 6.07) is 6.63. The number of para-hydroxylation sites is 2. The van der Waals surface area contributed by atoms with E-state index in [-0.39, 0.29) is 4.90 Å². The molecule has 4 N–H and O–H groups in total. The van der Waals surface area contributed by atoms with E-state index in [4.69, 9.17) is 5.73 Å². The number of rotatable bonds is 3. The van der Waals surface area contributed by atoms with Crippen LogP contribution in [0, 0.1) is 0 Å². The summed E-state index contributed by atoms with van der Waals surface area (Å²) in [5, 5.41) is 6.01. The zero-order valence-electron chi connectivity index (χ0n) is 8.21. The standard InChI is InChI=1S/C9H10N4O2S/c10-8-3-1-2-4-9(8)13-16(14,15)7-5-11-12-6-7/h1-6,13H,10H2,(H,11,12). The molecular formula is C9H10N4O2S. The lowest BCUT2D eigenvalue weighted by molar-refractivity contribution is 0.601. The van der Waals surface area contributed by atoms with E-state index in [0.717, 1.165) is 0 Å². The van der Waals surface area contributed by atoms with Crippen LogP contribution in [0.3, 0.4) is 0 Å². The van der Waals surface area contributed by atoms with Crippen molar-refractivity contribution in [2.45, 2.75) is 4.90 Å². The van der Waals surface area contributed by atoms with Gasteiger partial charge in [0.2, 0.25) is 0 Å². The van der Waals surface area contributed by atoms with E-state index in [1.165, 1.54) is 12.4 Å². The number of nitrogens with two attached hydrogens (primary N) is 1. The normalized spacial score (nSPS) is 11.2. The van der Waals surface area contributed by atoms with Gasteiger partial charge in [-0.3, -0.25) is 9.82 Å². The van der Waals surface area contributed by atoms with Gasteiger partial charge in [0.25, 0.3) is 10.0 Å². The van der Waals surface area contributed by atoms with E-state index in [9.17, 15) is 8.42 Å². The Bertz CT molecular complexity index is 577. The van der Waals surface area contributed by atoms with Gasteiger partial charge in [-0.2, -0.15) is 5.10 Å². The number of aromatic amines is 1. The fraction of sp³-hybridized carbons (Fsp3) is 0. The maximum Gasteiger partial charge on any atom is 0.265 e. The highest BCUT2D eigenvalue weighted by atomic mass is 32.2. The molecule has 0 bridgehead atoms. The molecule has 2 aromatic rings. The Kier molecular flexibility index (Phi) is 2.53. The largest absolute Gasteiger partial charge is 0.397 e. The van der Waals surface area contributed by atoms with Crippen molar-refractivity contribution >= 4 is 21.4 Å². The molecule has 0 atom stereocenters. The smallest absolute Gasteiger partial charge is 0.265 e. The van der Waals surface area contributed by atoms with Crippen molar-refractivity contribution in [2.75, 3.05) is 10.5 Å². The summed E-state index contributed by atoms with van der Waals surface area (Å²) in [5.74, 6) is 0. The summed E-state index contributed by atoms with van der Waals surface area (Å²) in [6.07, 6.45) is 2.52. The molecule has 16 heavy (non-hydrogen) atoms. The molecule has 0 saturated heterocycles. The Morgan fingerprint density at radius 2 is 2.06 bits per heavy atom. The first kappa shape index (κ1) is 10.5. The molecule has 0 amide bonds. The summed E-state index contributed by atoms with van der Waals surface area (Å²) >= 11 is 0. The number of nitrogen functional groups attached to an aromatic ring is 1. The Morgan fingerprint density at radius 3 is 2.69 bits per heavy atom. The molecule has 7 heteroatoms. The average Bonchev–Trinajstić information content (AvgIpc) is 2.75. The van der Waals surface area contributed by atoms with Gasteiger partial charge in [-0.25, -0.2) is 8.42 Å². The topological polar surface area (TPSA) is 101 Å². The van der Waals surface area contributed by atoms with E-state index in [0.29, 0.717) is 11.4 Å². The van der Waals surface area contributed by atoms with Gasteiger partial charge in [-0.1, -0.05) is 12.1 Å². The monoisotopic (exact) mass is 238 g/mol. The Morgan fingerprint density at radius 1 is 1.31 bits per heavy atom. The molecule has 2 rings (SSSR count). The maximum absolute atomic E-state index is 11.8. The molecule has 0 aliphatic carbocycles. The van der Waals surface area contributed by atoms with Crippen LogP contribution in [0.5, 0.6) is 0 Å². The first-order chi connectivity index (χ1) is 7.59. The first-order valence-corrected chi connectivity index (χ1v) is 5.94. The van der Waals surface area contributed by atoms with Gasteiger partial charge in [-0.05, 0) is 12.1 Å². The number of H-pyrrole nitrogens is 1. The molecule has 0 saturated carbocycles. The third kappa shape index (κ3) is 1.98. The van der Waals surface area contributed by atoms with E-state index >= 15 is 0 Å². The summed E-state index contributed by atoms with van der Waals surface area (Å²) in [7, 11) is -3.62. The average molecular weight is 238 g/mol. The van der Waals surface area contributed by atoms with Crippen LogP contribution in [0.4, 0.5) is 11.4 Å². The van der Waals surface area contributed by atoms with Crippen LogP contribution in [0.25, 0.3) is 0 Å². The predicted octanol–water partition coefficient (Wildman–Crippen LogP) is 0.793. The summed E-state index contributed by atoms with van der Waals surface area (Å²) in [4.78, 5) is 0.0655. The second kappa shape index (κ2) is 3.86. The molecular weight excluding hydrogens is 228 g/mol. The molecule has 0 radical (unpaired) electrons. The quantitative estimate of drug-likeness (QED) is 0.688. The van der Waals surface area contributed by atoms with Crippen molar-refractivity contribution < 1.29 is 8.42 Å². The van der Waals surface area contributed by atoms with E-state index in [1.54, 1.807) is 24.3 Å². The Labute approximate surface area is 92.5 Å². The van der Waals surface area contributed by atoms with Crippen molar-refractivity contribution in [1.82, 2.24) is 10.2 Å². The number of hydrogen-bond donors (Lipinski definition) is 3. The van der Waals surface area contributed by atoms with Crippen molar-refractivity contribution in [3.05, 3.63) is 36.7 Å². The van der Waals surface area contributed by atoms with Crippen molar-refractivity contribution in [3.8, 4) is 0 Å². The molecule has 84 valence electrons. The zero-order chi connectivity index (χ0) is 11.6. The summed E-state index contributed by atoms with van der Waals surface area (Å²) < 4.78 is 26.0. The Hall–Kier alpha value is -2.02. The van der Waals surface area contributed by atoms with Gasteiger partial charge in [0, 0.05) is 6.20 Å². The first-order valence-electron chi connectivity index (χ1n) is 4.46. The molecule has 6 nitrogen and oxygen atoms in total. The number of anilines is 2. The van der Waals surface area contributed by atoms with Crippen LogP contribution < -0.4 is 10.5 Å². The van der Waals surface area contributed by atoms with Gasteiger partial charge < -0.3 is 5.73 Å². The van der Waals surface area contributed by atoms with Gasteiger partial charge in [0.1, 0.15) is 4.90 Å². The number of benzene rings is 1. The van der Waals surface area contributed by atoms with Crippen LogP contribution in [0.2, 0.25) is 0 Å². The fourth-order valence-electron chi connectivity index (χ4n) is 1.18. The number of aromatic nitrogens is 2. The van der Waals surface area contributed by atoms with Gasteiger partial charge in [0.15, 0.2) is 0 Å². The van der Waals surface area contributed by atoms with Crippen LogP contribution in [0.1, 0.15) is 0 Å². The maximum atomic E-state index is 11.8. The minimum atomic E-state index is -3.62. The molecule has 1 aromatic heterocycles. The molecule has 1 aromatic carbocycles. The van der Waals surface area contributed by atoms with Crippen LogP contribution in [0.15, 0.2) is 41.6 Å². The molecule has 0 unspecified atom stereocenters. The minimum absolute atomic E-state index is 0.0655. The SMILES string of the molecule is Nc1ccccc1NS(=O)(=O)c1cn[nH]c1. The molecule has 0 aliphatic rings. The fourth-order valence-corrected chi connectivity index (χ4v) is 2.17. The summed E-state index contributed by atoms with van der Waals surface area (Å²) in [5.41, 5.74) is 6.35. The van der Waals surface area contributed by atoms with Crippen LogP contribution in [-0.4, -0.2) is 18.6 Å². The lowest BCUT2D eigenvalue weighted by Gasteiger charge is -2.07. The van der Waals surface area contributed by atoms with Crippen LogP contribution in [-0.2, 0) is 10.0 Å². The lowest BCUT2D eigenvalue weighted by atomic mass is 10.3. The number of sulfonamides is 1. The van der Waals surface area contributed by atoms with Crippen molar-refractivity contribution in [1.29, 1.82) is 0 Å². The highest BCUT2D eigenvalue weighted by Gasteiger charge is 2.15.